The number of benzene rings is 2. The highest BCUT2D eigenvalue weighted by Gasteiger charge is 2.36. The van der Waals surface area contributed by atoms with Crippen LogP contribution in [0.25, 0.3) is 0 Å². The van der Waals surface area contributed by atoms with Crippen LogP contribution >= 0.6 is 11.6 Å². The number of hydrogen-bond donors (Lipinski definition) is 2. The molecular weight excluding hydrogens is 653 g/mol. The summed E-state index contributed by atoms with van der Waals surface area (Å²) in [6.07, 6.45) is -4.46. The summed E-state index contributed by atoms with van der Waals surface area (Å²) in [6, 6.07) is 13.6. The highest BCUT2D eigenvalue weighted by Crippen LogP contribution is 2.32. The number of hydrogen-bond acceptors (Lipinski definition) is 8. The Morgan fingerprint density at radius 1 is 0.851 bits per heavy atom. The van der Waals surface area contributed by atoms with Crippen molar-refractivity contribution in [2.75, 3.05) is 37.6 Å². The van der Waals surface area contributed by atoms with Gasteiger partial charge in [-0.3, -0.25) is 9.59 Å². The van der Waals surface area contributed by atoms with Gasteiger partial charge in [0.15, 0.2) is 22.4 Å². The quantitative estimate of drug-likeness (QED) is 0.270. The van der Waals surface area contributed by atoms with Crippen molar-refractivity contribution >= 4 is 35.2 Å². The number of nitrogens with zero attached hydrogens (tertiary/aromatic N) is 6. The molecule has 0 unspecified atom stereocenters. The molecule has 2 aromatic carbocycles. The van der Waals surface area contributed by atoms with Crippen molar-refractivity contribution in [2.45, 2.75) is 12.6 Å². The van der Waals surface area contributed by atoms with Crippen LogP contribution in [0.15, 0.2) is 66.7 Å². The van der Waals surface area contributed by atoms with Crippen molar-refractivity contribution in [2.24, 2.45) is 0 Å². The molecule has 0 spiro atoms. The van der Waals surface area contributed by atoms with Gasteiger partial charge in [-0.15, -0.1) is 20.4 Å². The number of carbonyl (C=O) groups is 3. The van der Waals surface area contributed by atoms with Crippen LogP contribution in [0.2, 0.25) is 5.15 Å². The van der Waals surface area contributed by atoms with Crippen LogP contribution in [0.4, 0.5) is 27.8 Å². The fourth-order valence-corrected chi connectivity index (χ4v) is 4.50. The summed E-state index contributed by atoms with van der Waals surface area (Å²) in [7, 11) is 0. The topological polar surface area (TPSA) is 142 Å². The summed E-state index contributed by atoms with van der Waals surface area (Å²) in [5.74, 6) is -3.23. The molecule has 3 heterocycles. The first-order chi connectivity index (χ1) is 22.3. The Hall–Kier alpha value is -5.25. The normalized spacial score (nSPS) is 13.0. The molecule has 246 valence electrons. The van der Waals surface area contributed by atoms with E-state index < -0.39 is 41.2 Å². The molecule has 0 aliphatic carbocycles. The Morgan fingerprint density at radius 3 is 2.13 bits per heavy atom. The number of rotatable bonds is 7. The number of anilines is 1. The zero-order chi connectivity index (χ0) is 34.1. The Bertz CT molecular complexity index is 1720. The smallest absolute Gasteiger partial charge is 0.417 e. The highest BCUT2D eigenvalue weighted by molar-refractivity contribution is 6.29. The number of carboxylic acids is 1. The van der Waals surface area contributed by atoms with Gasteiger partial charge in [-0.05, 0) is 54.4 Å². The van der Waals surface area contributed by atoms with Gasteiger partial charge in [0.1, 0.15) is 11.6 Å². The highest BCUT2D eigenvalue weighted by atomic mass is 35.5. The summed E-state index contributed by atoms with van der Waals surface area (Å²) >= 11 is 5.35. The lowest BCUT2D eigenvalue weighted by molar-refractivity contribution is -0.138. The minimum Gasteiger partial charge on any atom is -0.476 e. The summed E-state index contributed by atoms with van der Waals surface area (Å²) in [5.41, 5.74) is -1.15. The molecule has 2 N–H and O–H groups in total. The van der Waals surface area contributed by atoms with E-state index in [2.05, 4.69) is 25.7 Å². The summed E-state index contributed by atoms with van der Waals surface area (Å²) in [4.78, 5) is 38.4. The van der Waals surface area contributed by atoms with Crippen LogP contribution in [0.1, 0.15) is 42.5 Å². The van der Waals surface area contributed by atoms with Crippen LogP contribution in [0.5, 0.6) is 0 Å². The second-order valence-electron chi connectivity index (χ2n) is 9.89. The van der Waals surface area contributed by atoms with E-state index in [1.54, 1.807) is 6.07 Å². The lowest BCUT2D eigenvalue weighted by Gasteiger charge is -2.35. The zero-order valence-corrected chi connectivity index (χ0v) is 25.0. The second kappa shape index (κ2) is 15.4. The number of amides is 2. The monoisotopic (exact) mass is 677 g/mol. The zero-order valence-electron chi connectivity index (χ0n) is 24.2. The maximum absolute atomic E-state index is 13.7. The number of halogens is 6. The molecule has 1 aliphatic heterocycles. The van der Waals surface area contributed by atoms with Gasteiger partial charge in [-0.2, -0.15) is 13.2 Å². The Morgan fingerprint density at radius 2 is 1.53 bits per heavy atom. The first kappa shape index (κ1) is 34.6. The molecule has 1 aliphatic rings. The first-order valence-corrected chi connectivity index (χ1v) is 14.2. The summed E-state index contributed by atoms with van der Waals surface area (Å²) < 4.78 is 66.5. The van der Waals surface area contributed by atoms with E-state index in [1.165, 1.54) is 47.4 Å². The van der Waals surface area contributed by atoms with Gasteiger partial charge >= 0.3 is 12.1 Å². The Kier molecular flexibility index (Phi) is 11.3. The molecule has 0 radical (unpaired) electrons. The van der Waals surface area contributed by atoms with Crippen LogP contribution in [-0.4, -0.2) is 80.9 Å². The SMILES string of the molecule is O=C(NCCc1ccc(F)cc1F)c1ccc(N2CCN(C(=O)c3ccccc3C(F)(F)F)CC2)nn1.O=C(O)c1ccc(Cl)nn1. The molecule has 11 nitrogen and oxygen atoms in total. The molecule has 1 saturated heterocycles. The molecule has 4 aromatic rings. The third-order valence-corrected chi connectivity index (χ3v) is 6.98. The van der Waals surface area contributed by atoms with Crippen molar-refractivity contribution in [1.29, 1.82) is 0 Å². The van der Waals surface area contributed by atoms with E-state index in [9.17, 15) is 36.3 Å². The van der Waals surface area contributed by atoms with Gasteiger partial charge in [0.05, 0.1) is 11.1 Å². The summed E-state index contributed by atoms with van der Waals surface area (Å²) in [5, 5.41) is 25.7. The van der Waals surface area contributed by atoms with Crippen LogP contribution in [-0.2, 0) is 12.6 Å². The molecule has 1 fully saturated rings. The van der Waals surface area contributed by atoms with Gasteiger partial charge in [-0.1, -0.05) is 29.8 Å². The lowest BCUT2D eigenvalue weighted by atomic mass is 10.1. The van der Waals surface area contributed by atoms with Crippen molar-refractivity contribution in [3.05, 3.63) is 112 Å². The number of aromatic nitrogens is 4. The molecule has 0 saturated carbocycles. The van der Waals surface area contributed by atoms with E-state index >= 15 is 0 Å². The van der Waals surface area contributed by atoms with Gasteiger partial charge < -0.3 is 20.2 Å². The standard InChI is InChI=1S/C25H22F5N5O2.C5H3ClN2O2/c26-17-6-5-16(20(27)15-17)9-10-31-23(36)21-7-8-22(33-32-21)34-11-13-35(14-12-34)24(37)18-3-1-2-4-19(18)25(28,29)30;6-4-2-1-3(5(9)10)7-8-4/h1-8,15H,9-14H2,(H,31,36);1-2H,(H,9,10). The molecule has 17 heteroatoms. The number of alkyl halides is 3. The van der Waals surface area contributed by atoms with E-state index in [-0.39, 0.29) is 53.7 Å². The fraction of sp³-hybridized carbons (Fsp3) is 0.233. The van der Waals surface area contributed by atoms with E-state index in [0.29, 0.717) is 18.9 Å². The van der Waals surface area contributed by atoms with Crippen LogP contribution < -0.4 is 10.2 Å². The molecule has 0 atom stereocenters. The van der Waals surface area contributed by atoms with E-state index in [4.69, 9.17) is 16.7 Å². The maximum Gasteiger partial charge on any atom is 0.417 e. The molecule has 47 heavy (non-hydrogen) atoms. The maximum atomic E-state index is 13.7. The second-order valence-corrected chi connectivity index (χ2v) is 10.3. The number of aromatic carboxylic acids is 1. The lowest BCUT2D eigenvalue weighted by Crippen LogP contribution is -2.49. The first-order valence-electron chi connectivity index (χ1n) is 13.8. The van der Waals surface area contributed by atoms with Crippen molar-refractivity contribution < 1.29 is 41.4 Å². The third-order valence-electron chi connectivity index (χ3n) is 6.78. The minimum atomic E-state index is -4.63. The minimum absolute atomic E-state index is 0.0425. The summed E-state index contributed by atoms with van der Waals surface area (Å²) in [6.45, 7) is 1.13. The molecular formula is C30H25ClF5N7O4. The molecule has 2 amide bonds. The average molecular weight is 678 g/mol. The molecule has 0 bridgehead atoms. The number of carbonyl (C=O) groups excluding carboxylic acids is 2. The van der Waals surface area contributed by atoms with Crippen molar-refractivity contribution in [3.63, 3.8) is 0 Å². The van der Waals surface area contributed by atoms with Gasteiger partial charge in [0, 0.05) is 38.8 Å². The van der Waals surface area contributed by atoms with Gasteiger partial charge in [-0.25, -0.2) is 13.6 Å². The third kappa shape index (κ3) is 9.38. The van der Waals surface area contributed by atoms with Gasteiger partial charge in [0.2, 0.25) is 0 Å². The largest absolute Gasteiger partial charge is 0.476 e. The van der Waals surface area contributed by atoms with E-state index in [1.807, 2.05) is 4.90 Å². The van der Waals surface area contributed by atoms with Gasteiger partial charge in [0.25, 0.3) is 11.8 Å². The Labute approximate surface area is 269 Å². The molecule has 5 rings (SSSR count). The average Bonchev–Trinajstić information content (AvgIpc) is 3.05. The van der Waals surface area contributed by atoms with Crippen LogP contribution in [0.3, 0.4) is 0 Å². The predicted octanol–water partition coefficient (Wildman–Crippen LogP) is 4.54. The van der Waals surface area contributed by atoms with Crippen LogP contribution in [0, 0.1) is 11.6 Å². The van der Waals surface area contributed by atoms with Crippen molar-refractivity contribution in [3.8, 4) is 0 Å². The van der Waals surface area contributed by atoms with Crippen molar-refractivity contribution in [1.82, 2.24) is 30.6 Å². The number of nitrogens with one attached hydrogen (secondary N) is 1. The molecule has 2 aromatic heterocycles. The number of carboxylic acid groups (broad SMARTS) is 1. The predicted molar refractivity (Wildman–Crippen MR) is 158 cm³/mol. The Balaban J connectivity index is 0.000000427. The fourth-order valence-electron chi connectivity index (χ4n) is 4.40. The van der Waals surface area contributed by atoms with E-state index in [0.717, 1.165) is 18.2 Å². The number of piperazine rings is 1.